The molecule has 92 valence electrons. The number of para-hydroxylation sites is 1. The second kappa shape index (κ2) is 5.65. The van der Waals surface area contributed by atoms with E-state index in [0.29, 0.717) is 13.0 Å². The second-order valence-corrected chi connectivity index (χ2v) is 4.90. The Morgan fingerprint density at radius 1 is 1.41 bits per heavy atom. The summed E-state index contributed by atoms with van der Waals surface area (Å²) >= 11 is 3.42. The molecule has 0 N–H and O–H groups in total. The number of rotatable bonds is 5. The van der Waals surface area contributed by atoms with Crippen molar-refractivity contribution in [1.82, 2.24) is 0 Å². The summed E-state index contributed by atoms with van der Waals surface area (Å²) in [4.78, 5) is 11.4. The quantitative estimate of drug-likeness (QED) is 0.838. The van der Waals surface area contributed by atoms with Crippen LogP contribution in [0.4, 0.5) is 0 Å². The first-order chi connectivity index (χ1) is 8.22. The molecule has 0 amide bonds. The summed E-state index contributed by atoms with van der Waals surface area (Å²) in [7, 11) is 0. The molecule has 1 fully saturated rings. The van der Waals surface area contributed by atoms with Gasteiger partial charge in [0.05, 0.1) is 4.47 Å². The smallest absolute Gasteiger partial charge is 0.169 e. The lowest BCUT2D eigenvalue weighted by Gasteiger charge is -2.34. The third-order valence-corrected chi connectivity index (χ3v) is 3.33. The van der Waals surface area contributed by atoms with Gasteiger partial charge < -0.3 is 9.47 Å². The van der Waals surface area contributed by atoms with Crippen molar-refractivity contribution in [3.05, 3.63) is 28.7 Å². The molecule has 17 heavy (non-hydrogen) atoms. The van der Waals surface area contributed by atoms with E-state index in [-0.39, 0.29) is 18.0 Å². The summed E-state index contributed by atoms with van der Waals surface area (Å²) in [5, 5.41) is 0. The lowest BCUT2D eigenvalue weighted by molar-refractivity contribution is -0.154. The Morgan fingerprint density at radius 3 is 2.82 bits per heavy atom. The van der Waals surface area contributed by atoms with E-state index in [9.17, 15) is 4.79 Å². The first-order valence-corrected chi connectivity index (χ1v) is 6.57. The van der Waals surface area contributed by atoms with Crippen LogP contribution in [0, 0.1) is 0 Å². The summed E-state index contributed by atoms with van der Waals surface area (Å²) < 4.78 is 12.1. The van der Waals surface area contributed by atoms with Gasteiger partial charge in [0, 0.05) is 13.0 Å². The van der Waals surface area contributed by atoms with E-state index in [4.69, 9.17) is 9.47 Å². The number of ether oxygens (including phenoxy) is 2. The first-order valence-electron chi connectivity index (χ1n) is 5.78. The lowest BCUT2D eigenvalue weighted by Crippen LogP contribution is -2.52. The van der Waals surface area contributed by atoms with Crippen molar-refractivity contribution in [3.8, 4) is 5.75 Å². The Balaban J connectivity index is 1.95. The third-order valence-electron chi connectivity index (χ3n) is 2.67. The van der Waals surface area contributed by atoms with Crippen molar-refractivity contribution in [2.45, 2.75) is 32.0 Å². The number of ketones is 1. The lowest BCUT2D eigenvalue weighted by atomic mass is 9.90. The normalized spacial score (nSPS) is 23.3. The van der Waals surface area contributed by atoms with Gasteiger partial charge in [-0.15, -0.1) is 0 Å². The predicted octanol–water partition coefficient (Wildman–Crippen LogP) is 2.96. The zero-order valence-corrected chi connectivity index (χ0v) is 11.3. The van der Waals surface area contributed by atoms with Crippen LogP contribution in [-0.4, -0.2) is 24.6 Å². The highest BCUT2D eigenvalue weighted by Gasteiger charge is 2.42. The minimum absolute atomic E-state index is 0.135. The molecule has 3 nitrogen and oxygen atoms in total. The highest BCUT2D eigenvalue weighted by molar-refractivity contribution is 9.10. The first kappa shape index (κ1) is 12.6. The fourth-order valence-electron chi connectivity index (χ4n) is 1.72. The van der Waals surface area contributed by atoms with Gasteiger partial charge in [-0.25, -0.2) is 0 Å². The van der Waals surface area contributed by atoms with Crippen LogP contribution < -0.4 is 4.74 Å². The number of hydrogen-bond acceptors (Lipinski definition) is 3. The molecule has 1 aromatic rings. The van der Waals surface area contributed by atoms with Crippen LogP contribution in [-0.2, 0) is 9.53 Å². The van der Waals surface area contributed by atoms with Crippen LogP contribution in [0.2, 0.25) is 0 Å². The maximum Gasteiger partial charge on any atom is 0.169 e. The van der Waals surface area contributed by atoms with Gasteiger partial charge in [-0.05, 0) is 34.5 Å². The molecule has 0 radical (unpaired) electrons. The Bertz CT molecular complexity index is 405. The van der Waals surface area contributed by atoms with Crippen molar-refractivity contribution >= 4 is 21.7 Å². The summed E-state index contributed by atoms with van der Waals surface area (Å²) in [6, 6.07) is 7.62. The number of benzene rings is 1. The van der Waals surface area contributed by atoms with Crippen molar-refractivity contribution in [3.63, 3.8) is 0 Å². The number of carbonyl (C=O) groups excluding carboxylic acids is 1. The van der Waals surface area contributed by atoms with Gasteiger partial charge in [-0.1, -0.05) is 19.1 Å². The van der Waals surface area contributed by atoms with Gasteiger partial charge in [0.1, 0.15) is 11.9 Å². The third kappa shape index (κ3) is 2.87. The van der Waals surface area contributed by atoms with Gasteiger partial charge in [0.25, 0.3) is 0 Å². The van der Waals surface area contributed by atoms with E-state index in [1.807, 2.05) is 31.2 Å². The Hall–Kier alpha value is -0.870. The standard InChI is InChI=1S/C13H15BrO3/c1-2-7-16-13-10(15)8-12(13)17-11-6-4-3-5-9(11)14/h3-6,12-13H,2,7-8H2,1H3. The van der Waals surface area contributed by atoms with Crippen molar-refractivity contribution in [2.75, 3.05) is 6.61 Å². The second-order valence-electron chi connectivity index (χ2n) is 4.05. The molecule has 0 spiro atoms. The molecule has 1 aliphatic carbocycles. The molecule has 2 atom stereocenters. The highest BCUT2D eigenvalue weighted by Crippen LogP contribution is 2.30. The van der Waals surface area contributed by atoms with Gasteiger partial charge in [0.15, 0.2) is 11.9 Å². The minimum Gasteiger partial charge on any atom is -0.486 e. The molecule has 0 heterocycles. The molecule has 2 rings (SSSR count). The van der Waals surface area contributed by atoms with E-state index in [1.54, 1.807) is 0 Å². The number of Topliss-reactive ketones (excluding diaryl/α,β-unsaturated/α-hetero) is 1. The minimum atomic E-state index is -0.387. The number of carbonyl (C=O) groups is 1. The van der Waals surface area contributed by atoms with Gasteiger partial charge >= 0.3 is 0 Å². The van der Waals surface area contributed by atoms with Gasteiger partial charge in [-0.3, -0.25) is 4.79 Å². The van der Waals surface area contributed by atoms with Crippen LogP contribution in [0.5, 0.6) is 5.75 Å². The fraction of sp³-hybridized carbons (Fsp3) is 0.462. The maximum atomic E-state index is 11.4. The van der Waals surface area contributed by atoms with Crippen LogP contribution in [0.25, 0.3) is 0 Å². The molecule has 0 aliphatic heterocycles. The van der Waals surface area contributed by atoms with E-state index in [2.05, 4.69) is 15.9 Å². The molecule has 1 aliphatic rings. The Labute approximate surface area is 109 Å². The molecule has 2 unspecified atom stereocenters. The SMILES string of the molecule is CCCOC1C(=O)CC1Oc1ccccc1Br. The summed E-state index contributed by atoms with van der Waals surface area (Å²) in [6.07, 6.45) is 0.816. The number of hydrogen-bond donors (Lipinski definition) is 0. The largest absolute Gasteiger partial charge is 0.486 e. The molecule has 4 heteroatoms. The molecular formula is C13H15BrO3. The Morgan fingerprint density at radius 2 is 2.18 bits per heavy atom. The molecule has 0 saturated heterocycles. The molecule has 0 bridgehead atoms. The summed E-state index contributed by atoms with van der Waals surface area (Å²) in [5.74, 6) is 0.894. The van der Waals surface area contributed by atoms with E-state index < -0.39 is 0 Å². The van der Waals surface area contributed by atoms with Crippen LogP contribution in [0.1, 0.15) is 19.8 Å². The van der Waals surface area contributed by atoms with E-state index >= 15 is 0 Å². The average Bonchev–Trinajstić information content (AvgIpc) is 2.31. The van der Waals surface area contributed by atoms with Gasteiger partial charge in [0.2, 0.25) is 0 Å². The molecular weight excluding hydrogens is 284 g/mol. The van der Waals surface area contributed by atoms with Crippen molar-refractivity contribution in [2.24, 2.45) is 0 Å². The van der Waals surface area contributed by atoms with Crippen LogP contribution in [0.15, 0.2) is 28.7 Å². The van der Waals surface area contributed by atoms with E-state index in [0.717, 1.165) is 16.6 Å². The molecule has 1 aromatic carbocycles. The summed E-state index contributed by atoms with van der Waals surface area (Å²) in [6.45, 7) is 2.62. The molecule has 0 aromatic heterocycles. The highest BCUT2D eigenvalue weighted by atomic mass is 79.9. The monoisotopic (exact) mass is 298 g/mol. The van der Waals surface area contributed by atoms with Crippen LogP contribution >= 0.6 is 15.9 Å². The fourth-order valence-corrected chi connectivity index (χ4v) is 2.10. The molecule has 1 saturated carbocycles. The zero-order valence-electron chi connectivity index (χ0n) is 9.69. The zero-order chi connectivity index (χ0) is 12.3. The van der Waals surface area contributed by atoms with Crippen molar-refractivity contribution < 1.29 is 14.3 Å². The van der Waals surface area contributed by atoms with Crippen LogP contribution in [0.3, 0.4) is 0 Å². The topological polar surface area (TPSA) is 35.5 Å². The average molecular weight is 299 g/mol. The van der Waals surface area contributed by atoms with E-state index in [1.165, 1.54) is 0 Å². The Kier molecular flexibility index (Phi) is 4.18. The van der Waals surface area contributed by atoms with Crippen molar-refractivity contribution in [1.29, 1.82) is 0 Å². The predicted molar refractivity (Wildman–Crippen MR) is 68.2 cm³/mol. The summed E-state index contributed by atoms with van der Waals surface area (Å²) in [5.41, 5.74) is 0. The number of halogens is 1. The maximum absolute atomic E-state index is 11.4. The van der Waals surface area contributed by atoms with Gasteiger partial charge in [-0.2, -0.15) is 0 Å².